The summed E-state index contributed by atoms with van der Waals surface area (Å²) in [4.78, 5) is 34.1. The number of rotatable bonds is 11. The number of nitrogens with one attached hydrogen (secondary N) is 1. The zero-order valence-electron chi connectivity index (χ0n) is 18.7. The number of hydrogen-bond acceptors (Lipinski definition) is 6. The molecule has 0 spiro atoms. The minimum atomic E-state index is -0.406. The molecular weight excluding hydrogens is 398 g/mol. The van der Waals surface area contributed by atoms with Crippen LogP contribution in [0.1, 0.15) is 32.5 Å². The van der Waals surface area contributed by atoms with E-state index in [1.54, 1.807) is 11.7 Å². The van der Waals surface area contributed by atoms with Crippen LogP contribution in [0, 0.1) is 0 Å². The molecule has 0 unspecified atom stereocenters. The highest BCUT2D eigenvalue weighted by molar-refractivity contribution is 5.71. The van der Waals surface area contributed by atoms with Crippen molar-refractivity contribution < 1.29 is 9.47 Å². The van der Waals surface area contributed by atoms with Crippen LogP contribution in [0.15, 0.2) is 33.9 Å². The number of methoxy groups -OCH3 is 1. The Kier molecular flexibility index (Phi) is 7.51. The number of hydrogen-bond donors (Lipinski definition) is 1. The summed E-state index contributed by atoms with van der Waals surface area (Å²) in [5, 5.41) is 0. The standard InChI is InChI=1S/C22H31N5O4/c1-5-7-12-27-20-19(21(28)24-22(27)29)26(6-2)18(23-20)15-25(3)13-14-31-17-11-9-8-10-16(17)30-4/h8-11H,5-7,12-15H2,1-4H3,(H,24,28,29). The van der Waals surface area contributed by atoms with Crippen LogP contribution in [-0.4, -0.2) is 51.3 Å². The molecule has 0 aliphatic heterocycles. The van der Waals surface area contributed by atoms with Crippen LogP contribution in [0.4, 0.5) is 0 Å². The lowest BCUT2D eigenvalue weighted by Gasteiger charge is -2.18. The number of likely N-dealkylation sites (N-methyl/N-ethyl adjacent to an activating group) is 1. The number of fused-ring (bicyclic) bond motifs is 1. The zero-order valence-corrected chi connectivity index (χ0v) is 18.7. The lowest BCUT2D eigenvalue weighted by atomic mass is 10.3. The van der Waals surface area contributed by atoms with E-state index < -0.39 is 11.2 Å². The lowest BCUT2D eigenvalue weighted by Crippen LogP contribution is -2.31. The van der Waals surface area contributed by atoms with Crippen LogP contribution in [0.25, 0.3) is 11.2 Å². The molecule has 0 saturated carbocycles. The minimum absolute atomic E-state index is 0.393. The van der Waals surface area contributed by atoms with Crippen molar-refractivity contribution in [3.8, 4) is 11.5 Å². The van der Waals surface area contributed by atoms with E-state index in [1.165, 1.54) is 0 Å². The zero-order chi connectivity index (χ0) is 22.4. The van der Waals surface area contributed by atoms with Crippen LogP contribution in [0.2, 0.25) is 0 Å². The third-order valence-electron chi connectivity index (χ3n) is 5.23. The van der Waals surface area contributed by atoms with E-state index in [-0.39, 0.29) is 0 Å². The largest absolute Gasteiger partial charge is 0.493 e. The molecule has 0 bridgehead atoms. The van der Waals surface area contributed by atoms with Gasteiger partial charge in [0.05, 0.1) is 13.7 Å². The van der Waals surface area contributed by atoms with Gasteiger partial charge in [0.25, 0.3) is 5.56 Å². The molecule has 0 saturated heterocycles. The van der Waals surface area contributed by atoms with Gasteiger partial charge < -0.3 is 14.0 Å². The minimum Gasteiger partial charge on any atom is -0.493 e. The normalized spacial score (nSPS) is 11.4. The highest BCUT2D eigenvalue weighted by Gasteiger charge is 2.18. The van der Waals surface area contributed by atoms with Gasteiger partial charge in [-0.2, -0.15) is 0 Å². The third-order valence-corrected chi connectivity index (χ3v) is 5.23. The van der Waals surface area contributed by atoms with Gasteiger partial charge >= 0.3 is 5.69 Å². The molecule has 0 amide bonds. The van der Waals surface area contributed by atoms with Crippen molar-refractivity contribution in [1.29, 1.82) is 0 Å². The first kappa shape index (κ1) is 22.6. The molecule has 31 heavy (non-hydrogen) atoms. The van der Waals surface area contributed by atoms with Gasteiger partial charge in [-0.3, -0.25) is 19.2 Å². The average Bonchev–Trinajstić information content (AvgIpc) is 3.12. The van der Waals surface area contributed by atoms with E-state index in [0.717, 1.165) is 18.7 Å². The Morgan fingerprint density at radius 3 is 2.55 bits per heavy atom. The first-order valence-corrected chi connectivity index (χ1v) is 10.7. The number of aryl methyl sites for hydroxylation is 2. The van der Waals surface area contributed by atoms with E-state index >= 15 is 0 Å². The second-order valence-corrected chi connectivity index (χ2v) is 7.45. The van der Waals surface area contributed by atoms with Gasteiger partial charge in [-0.1, -0.05) is 25.5 Å². The molecule has 0 fully saturated rings. The number of ether oxygens (including phenoxy) is 2. The molecular formula is C22H31N5O4. The van der Waals surface area contributed by atoms with E-state index in [4.69, 9.17) is 14.5 Å². The van der Waals surface area contributed by atoms with E-state index in [2.05, 4.69) is 16.8 Å². The number of aromatic nitrogens is 4. The van der Waals surface area contributed by atoms with E-state index in [9.17, 15) is 9.59 Å². The summed E-state index contributed by atoms with van der Waals surface area (Å²) in [6, 6.07) is 7.53. The molecule has 9 nitrogen and oxygen atoms in total. The molecule has 3 aromatic rings. The summed E-state index contributed by atoms with van der Waals surface area (Å²) in [5.74, 6) is 2.14. The molecule has 0 atom stereocenters. The van der Waals surface area contributed by atoms with Gasteiger partial charge in [-0.15, -0.1) is 0 Å². The average molecular weight is 430 g/mol. The Labute approximate surface area is 181 Å². The summed E-state index contributed by atoms with van der Waals surface area (Å²) < 4.78 is 14.6. The maximum Gasteiger partial charge on any atom is 0.330 e. The smallest absolute Gasteiger partial charge is 0.330 e. The van der Waals surface area contributed by atoms with Crippen molar-refractivity contribution in [2.24, 2.45) is 0 Å². The van der Waals surface area contributed by atoms with Crippen LogP contribution in [0.5, 0.6) is 11.5 Å². The maximum atomic E-state index is 12.5. The molecule has 3 rings (SSSR count). The molecule has 9 heteroatoms. The topological polar surface area (TPSA) is 94.4 Å². The van der Waals surface area contributed by atoms with Crippen LogP contribution in [-0.2, 0) is 19.6 Å². The highest BCUT2D eigenvalue weighted by atomic mass is 16.5. The number of aromatic amines is 1. The van der Waals surface area contributed by atoms with Crippen molar-refractivity contribution in [3.05, 3.63) is 50.9 Å². The van der Waals surface area contributed by atoms with Crippen LogP contribution >= 0.6 is 0 Å². The van der Waals surface area contributed by atoms with Crippen LogP contribution < -0.4 is 20.7 Å². The first-order chi connectivity index (χ1) is 15.0. The van der Waals surface area contributed by atoms with Gasteiger partial charge in [0.1, 0.15) is 12.4 Å². The summed E-state index contributed by atoms with van der Waals surface area (Å²) in [7, 11) is 3.59. The molecule has 2 aromatic heterocycles. The summed E-state index contributed by atoms with van der Waals surface area (Å²) in [6.45, 7) is 6.81. The van der Waals surface area contributed by atoms with Crippen molar-refractivity contribution in [2.45, 2.75) is 46.3 Å². The molecule has 0 radical (unpaired) electrons. The molecule has 1 N–H and O–H groups in total. The number of unbranched alkanes of at least 4 members (excludes halogenated alkanes) is 1. The van der Waals surface area contributed by atoms with Crippen molar-refractivity contribution >= 4 is 11.2 Å². The van der Waals surface area contributed by atoms with Gasteiger partial charge in [-0.05, 0) is 32.5 Å². The van der Waals surface area contributed by atoms with Gasteiger partial charge in [-0.25, -0.2) is 9.78 Å². The molecule has 2 heterocycles. The van der Waals surface area contributed by atoms with Gasteiger partial charge in [0, 0.05) is 19.6 Å². The number of benzene rings is 1. The quantitative estimate of drug-likeness (QED) is 0.502. The fourth-order valence-corrected chi connectivity index (χ4v) is 3.57. The maximum absolute atomic E-state index is 12.5. The predicted octanol–water partition coefficient (Wildman–Crippen LogP) is 2.23. The van der Waals surface area contributed by atoms with Crippen molar-refractivity contribution in [3.63, 3.8) is 0 Å². The van der Waals surface area contributed by atoms with E-state index in [1.807, 2.05) is 42.8 Å². The number of para-hydroxylation sites is 2. The predicted molar refractivity (Wildman–Crippen MR) is 120 cm³/mol. The molecule has 0 aliphatic carbocycles. The fraction of sp³-hybridized carbons (Fsp3) is 0.500. The third kappa shape index (κ3) is 4.99. The SMILES string of the molecule is CCCCn1c(=O)[nH]c(=O)c2c1nc(CN(C)CCOc1ccccc1OC)n2CC. The number of H-pyrrole nitrogens is 1. The molecule has 168 valence electrons. The fourth-order valence-electron chi connectivity index (χ4n) is 3.57. The highest BCUT2D eigenvalue weighted by Crippen LogP contribution is 2.25. The summed E-state index contributed by atoms with van der Waals surface area (Å²) in [6.07, 6.45) is 1.79. The van der Waals surface area contributed by atoms with E-state index in [0.29, 0.717) is 55.4 Å². The van der Waals surface area contributed by atoms with Gasteiger partial charge in [0.15, 0.2) is 22.7 Å². The lowest BCUT2D eigenvalue weighted by molar-refractivity contribution is 0.222. The second kappa shape index (κ2) is 10.3. The Hall–Kier alpha value is -3.07. The first-order valence-electron chi connectivity index (χ1n) is 10.7. The van der Waals surface area contributed by atoms with Gasteiger partial charge in [0.2, 0.25) is 0 Å². The summed E-state index contributed by atoms with van der Waals surface area (Å²) in [5.41, 5.74) is 0.108. The molecule has 1 aromatic carbocycles. The number of imidazole rings is 1. The Morgan fingerprint density at radius 2 is 1.87 bits per heavy atom. The van der Waals surface area contributed by atoms with Crippen molar-refractivity contribution in [2.75, 3.05) is 27.3 Å². The van der Waals surface area contributed by atoms with Crippen LogP contribution in [0.3, 0.4) is 0 Å². The number of nitrogens with zero attached hydrogens (tertiary/aromatic N) is 4. The second-order valence-electron chi connectivity index (χ2n) is 7.45. The molecule has 0 aliphatic rings. The van der Waals surface area contributed by atoms with Crippen molar-refractivity contribution in [1.82, 2.24) is 24.0 Å². The Bertz CT molecular complexity index is 1130. The Balaban J connectivity index is 1.78. The summed E-state index contributed by atoms with van der Waals surface area (Å²) >= 11 is 0. The Morgan fingerprint density at radius 1 is 1.13 bits per heavy atom. The monoisotopic (exact) mass is 429 g/mol.